The zero-order valence-corrected chi connectivity index (χ0v) is 16.1. The second-order valence-corrected chi connectivity index (χ2v) is 7.02. The molecule has 3 aromatic rings. The van der Waals surface area contributed by atoms with Gasteiger partial charge in [0.25, 0.3) is 0 Å². The van der Waals surface area contributed by atoms with Gasteiger partial charge in [-0.05, 0) is 61.1 Å². The zero-order chi connectivity index (χ0) is 19.2. The molecule has 27 heavy (non-hydrogen) atoms. The van der Waals surface area contributed by atoms with Gasteiger partial charge in [0.1, 0.15) is 6.07 Å². The lowest BCUT2D eigenvalue weighted by Gasteiger charge is -2.27. The Labute approximate surface area is 161 Å². The van der Waals surface area contributed by atoms with Gasteiger partial charge in [-0.25, -0.2) is 0 Å². The first-order valence-electron chi connectivity index (χ1n) is 9.62. The summed E-state index contributed by atoms with van der Waals surface area (Å²) in [6, 6.07) is 17.0. The third kappa shape index (κ3) is 4.15. The lowest BCUT2D eigenvalue weighted by Crippen LogP contribution is -2.27. The maximum Gasteiger partial charge on any atom is 0.101 e. The molecule has 0 amide bonds. The van der Waals surface area contributed by atoms with Crippen LogP contribution in [-0.2, 0) is 6.42 Å². The molecule has 0 aliphatic rings. The van der Waals surface area contributed by atoms with Crippen LogP contribution in [0.3, 0.4) is 0 Å². The SMILES string of the molecule is CCN(C[C@H](C)c1cc(C#N)c2[nH]cc(CCCO)c2c1)c1ccccc1. The van der Waals surface area contributed by atoms with Gasteiger partial charge in [-0.1, -0.05) is 25.1 Å². The molecule has 1 heterocycles. The summed E-state index contributed by atoms with van der Waals surface area (Å²) in [6.45, 7) is 6.40. The van der Waals surface area contributed by atoms with Crippen LogP contribution in [0.15, 0.2) is 48.7 Å². The van der Waals surface area contributed by atoms with E-state index in [9.17, 15) is 5.26 Å². The summed E-state index contributed by atoms with van der Waals surface area (Å²) in [5, 5.41) is 19.9. The Morgan fingerprint density at radius 2 is 2.00 bits per heavy atom. The van der Waals surface area contributed by atoms with E-state index >= 15 is 0 Å². The highest BCUT2D eigenvalue weighted by atomic mass is 16.2. The molecule has 140 valence electrons. The lowest BCUT2D eigenvalue weighted by molar-refractivity contribution is 0.289. The number of aryl methyl sites for hydroxylation is 1. The molecule has 4 heteroatoms. The Bertz CT molecular complexity index is 924. The Morgan fingerprint density at radius 1 is 1.22 bits per heavy atom. The molecule has 1 aromatic heterocycles. The fourth-order valence-electron chi connectivity index (χ4n) is 3.65. The standard InChI is InChI=1S/C23H27N3O/c1-3-26(21-9-5-4-6-10-21)16-17(2)19-12-20(14-24)23-22(13-19)18(15-25-23)8-7-11-27/h4-6,9-10,12-13,15,17,25,27H,3,7-8,11,16H2,1-2H3/t17-/m0/s1. The predicted molar refractivity (Wildman–Crippen MR) is 111 cm³/mol. The molecular weight excluding hydrogens is 334 g/mol. The van der Waals surface area contributed by atoms with Crippen LogP contribution in [0.1, 0.15) is 42.9 Å². The van der Waals surface area contributed by atoms with Crippen LogP contribution in [0.5, 0.6) is 0 Å². The van der Waals surface area contributed by atoms with Gasteiger partial charge in [-0.2, -0.15) is 5.26 Å². The number of anilines is 1. The van der Waals surface area contributed by atoms with Crippen molar-refractivity contribution in [2.45, 2.75) is 32.6 Å². The van der Waals surface area contributed by atoms with E-state index in [0.29, 0.717) is 11.5 Å². The number of aliphatic hydroxyl groups is 1. The summed E-state index contributed by atoms with van der Waals surface area (Å²) < 4.78 is 0. The van der Waals surface area contributed by atoms with Gasteiger partial charge in [0.05, 0.1) is 11.1 Å². The van der Waals surface area contributed by atoms with E-state index in [1.54, 1.807) is 0 Å². The molecule has 0 bridgehead atoms. The van der Waals surface area contributed by atoms with E-state index in [1.807, 2.05) is 18.3 Å². The number of likely N-dealkylation sites (N-methyl/N-ethyl adjacent to an activating group) is 1. The van der Waals surface area contributed by atoms with Gasteiger partial charge in [-0.15, -0.1) is 0 Å². The van der Waals surface area contributed by atoms with Gasteiger partial charge in [0.15, 0.2) is 0 Å². The quantitative estimate of drug-likeness (QED) is 0.616. The van der Waals surface area contributed by atoms with Crippen molar-refractivity contribution < 1.29 is 5.11 Å². The molecule has 4 nitrogen and oxygen atoms in total. The van der Waals surface area contributed by atoms with E-state index in [1.165, 1.54) is 16.8 Å². The summed E-state index contributed by atoms with van der Waals surface area (Å²) in [5.74, 6) is 0.294. The fraction of sp³-hybridized carbons (Fsp3) is 0.348. The van der Waals surface area contributed by atoms with Crippen LogP contribution in [-0.4, -0.2) is 29.8 Å². The number of hydrogen-bond donors (Lipinski definition) is 2. The van der Waals surface area contributed by atoms with Crippen LogP contribution in [0, 0.1) is 11.3 Å². The molecule has 0 saturated carbocycles. The first kappa shape index (κ1) is 19.0. The van der Waals surface area contributed by atoms with Crippen molar-refractivity contribution in [2.75, 3.05) is 24.6 Å². The van der Waals surface area contributed by atoms with Crippen molar-refractivity contribution in [1.29, 1.82) is 5.26 Å². The molecule has 2 N–H and O–H groups in total. The normalized spacial score (nSPS) is 12.1. The van der Waals surface area contributed by atoms with Gasteiger partial charge < -0.3 is 15.0 Å². The molecule has 0 fully saturated rings. The highest BCUT2D eigenvalue weighted by molar-refractivity contribution is 5.89. The first-order chi connectivity index (χ1) is 13.2. The van der Waals surface area contributed by atoms with Gasteiger partial charge in [0.2, 0.25) is 0 Å². The number of fused-ring (bicyclic) bond motifs is 1. The molecule has 0 aliphatic carbocycles. The number of nitrogens with one attached hydrogen (secondary N) is 1. The third-order valence-corrected chi connectivity index (χ3v) is 5.19. The molecule has 0 radical (unpaired) electrons. The molecule has 0 unspecified atom stereocenters. The van der Waals surface area contributed by atoms with Crippen molar-refractivity contribution in [1.82, 2.24) is 4.98 Å². The van der Waals surface area contributed by atoms with Gasteiger partial charge >= 0.3 is 0 Å². The van der Waals surface area contributed by atoms with E-state index in [0.717, 1.165) is 36.8 Å². The third-order valence-electron chi connectivity index (χ3n) is 5.19. The Balaban J connectivity index is 1.91. The number of benzene rings is 2. The number of aliphatic hydroxyl groups excluding tert-OH is 1. The monoisotopic (exact) mass is 361 g/mol. The van der Waals surface area contributed by atoms with E-state index in [-0.39, 0.29) is 6.61 Å². The molecule has 0 aliphatic heterocycles. The maximum atomic E-state index is 9.61. The van der Waals surface area contributed by atoms with Gasteiger partial charge in [0, 0.05) is 37.0 Å². The molecule has 0 saturated heterocycles. The van der Waals surface area contributed by atoms with Crippen molar-refractivity contribution in [3.63, 3.8) is 0 Å². The molecule has 0 spiro atoms. The topological polar surface area (TPSA) is 63.0 Å². The summed E-state index contributed by atoms with van der Waals surface area (Å²) >= 11 is 0. The number of hydrogen-bond acceptors (Lipinski definition) is 3. The Morgan fingerprint density at radius 3 is 2.67 bits per heavy atom. The summed E-state index contributed by atoms with van der Waals surface area (Å²) in [7, 11) is 0. The van der Waals surface area contributed by atoms with Crippen molar-refractivity contribution in [3.8, 4) is 6.07 Å². The molecule has 1 atom stereocenters. The van der Waals surface area contributed by atoms with Crippen LogP contribution < -0.4 is 4.90 Å². The second kappa shape index (κ2) is 8.75. The van der Waals surface area contributed by atoms with Gasteiger partial charge in [-0.3, -0.25) is 0 Å². The lowest BCUT2D eigenvalue weighted by atomic mass is 9.94. The fourth-order valence-corrected chi connectivity index (χ4v) is 3.65. The van der Waals surface area contributed by atoms with Crippen LogP contribution in [0.25, 0.3) is 10.9 Å². The molecule has 3 rings (SSSR count). The minimum absolute atomic E-state index is 0.177. The van der Waals surface area contributed by atoms with Crippen molar-refractivity contribution >= 4 is 16.6 Å². The average molecular weight is 361 g/mol. The smallest absolute Gasteiger partial charge is 0.101 e. The van der Waals surface area contributed by atoms with E-state index in [2.05, 4.69) is 60.1 Å². The highest BCUT2D eigenvalue weighted by Crippen LogP contribution is 2.29. The largest absolute Gasteiger partial charge is 0.396 e. The van der Waals surface area contributed by atoms with E-state index < -0.39 is 0 Å². The Kier molecular flexibility index (Phi) is 6.16. The maximum absolute atomic E-state index is 9.61. The highest BCUT2D eigenvalue weighted by Gasteiger charge is 2.16. The number of aromatic amines is 1. The molecule has 2 aromatic carbocycles. The first-order valence-corrected chi connectivity index (χ1v) is 9.62. The predicted octanol–water partition coefficient (Wildman–Crippen LogP) is 4.59. The number of nitriles is 1. The van der Waals surface area contributed by atoms with Crippen LogP contribution in [0.2, 0.25) is 0 Å². The Hall–Kier alpha value is -2.77. The average Bonchev–Trinajstić information content (AvgIpc) is 3.13. The number of nitrogens with zero attached hydrogens (tertiary/aromatic N) is 2. The zero-order valence-electron chi connectivity index (χ0n) is 16.1. The van der Waals surface area contributed by atoms with E-state index in [4.69, 9.17) is 5.11 Å². The number of H-pyrrole nitrogens is 1. The van der Waals surface area contributed by atoms with Crippen LogP contribution >= 0.6 is 0 Å². The summed E-state index contributed by atoms with van der Waals surface area (Å²) in [6.07, 6.45) is 3.51. The van der Waals surface area contributed by atoms with Crippen molar-refractivity contribution in [3.05, 3.63) is 65.4 Å². The number of aromatic nitrogens is 1. The second-order valence-electron chi connectivity index (χ2n) is 7.02. The van der Waals surface area contributed by atoms with Crippen LogP contribution in [0.4, 0.5) is 5.69 Å². The summed E-state index contributed by atoms with van der Waals surface area (Å²) in [5.41, 5.74) is 5.15. The minimum Gasteiger partial charge on any atom is -0.396 e. The number of para-hydroxylation sites is 1. The molecular formula is C23H27N3O. The number of rotatable bonds is 8. The minimum atomic E-state index is 0.177. The summed E-state index contributed by atoms with van der Waals surface area (Å²) in [4.78, 5) is 5.61. The van der Waals surface area contributed by atoms with Crippen molar-refractivity contribution in [2.24, 2.45) is 0 Å².